The van der Waals surface area contributed by atoms with Gasteiger partial charge in [-0.1, -0.05) is 32.0 Å². The van der Waals surface area contributed by atoms with Crippen LogP contribution in [0.4, 0.5) is 4.39 Å². The Labute approximate surface area is 184 Å². The summed E-state index contributed by atoms with van der Waals surface area (Å²) in [7, 11) is 0. The van der Waals surface area contributed by atoms with Gasteiger partial charge in [0.1, 0.15) is 11.6 Å². The molecule has 0 saturated carbocycles. The Bertz CT molecular complexity index is 1380. The van der Waals surface area contributed by atoms with Gasteiger partial charge in [-0.05, 0) is 54.1 Å². The fraction of sp³-hybridized carbons (Fsp3) is 0.154. The predicted octanol–water partition coefficient (Wildman–Crippen LogP) is 6.03. The molecule has 0 bridgehead atoms. The van der Waals surface area contributed by atoms with Crippen LogP contribution in [0.5, 0.6) is 5.75 Å². The summed E-state index contributed by atoms with van der Waals surface area (Å²) in [5.41, 5.74) is 2.62. The van der Waals surface area contributed by atoms with Crippen molar-refractivity contribution in [2.24, 2.45) is 0 Å². The van der Waals surface area contributed by atoms with Crippen LogP contribution in [0.3, 0.4) is 0 Å². The first-order chi connectivity index (χ1) is 15.2. The van der Waals surface area contributed by atoms with Crippen molar-refractivity contribution in [1.82, 2.24) is 4.57 Å². The zero-order valence-corrected chi connectivity index (χ0v) is 17.6. The van der Waals surface area contributed by atoms with E-state index in [0.29, 0.717) is 33.4 Å². The normalized spacial score (nSPS) is 11.4. The molecule has 4 aromatic rings. The van der Waals surface area contributed by atoms with Gasteiger partial charge in [-0.15, -0.1) is 0 Å². The molecule has 0 atom stereocenters. The average molecular weight is 428 g/mol. The fourth-order valence-corrected chi connectivity index (χ4v) is 4.22. The lowest BCUT2D eigenvalue weighted by atomic mass is 9.81. The average Bonchev–Trinajstić information content (AvgIpc) is 3.09. The fourth-order valence-electron chi connectivity index (χ4n) is 4.22. The van der Waals surface area contributed by atoms with Gasteiger partial charge >= 0.3 is 5.97 Å². The standard InChI is InChI=1S/C26H21FN2O3/c1-26(2,13-14-28)24-23(19-5-3-4-6-20(19)25(31)32)21-15-18(30)11-12-22(21)29(24)17-9-7-16(27)8-10-17/h3-12,15,30H,13H2,1-2H3,(H,31,32). The van der Waals surface area contributed by atoms with Crippen LogP contribution in [0.25, 0.3) is 27.7 Å². The first-order valence-corrected chi connectivity index (χ1v) is 10.1. The molecule has 0 fully saturated rings. The molecule has 1 heterocycles. The molecule has 5 nitrogen and oxygen atoms in total. The number of nitriles is 1. The number of aromatic carboxylic acids is 1. The highest BCUT2D eigenvalue weighted by atomic mass is 19.1. The summed E-state index contributed by atoms with van der Waals surface area (Å²) >= 11 is 0. The minimum absolute atomic E-state index is 0.0347. The largest absolute Gasteiger partial charge is 0.508 e. The van der Waals surface area contributed by atoms with Gasteiger partial charge in [0.15, 0.2) is 0 Å². The highest BCUT2D eigenvalue weighted by Gasteiger charge is 2.33. The number of phenolic OH excluding ortho intramolecular Hbond substituents is 1. The number of hydrogen-bond donors (Lipinski definition) is 2. The number of nitrogens with zero attached hydrogens (tertiary/aromatic N) is 2. The van der Waals surface area contributed by atoms with Crippen molar-refractivity contribution >= 4 is 16.9 Å². The molecular formula is C26H21FN2O3. The van der Waals surface area contributed by atoms with Crippen molar-refractivity contribution in [3.8, 4) is 28.6 Å². The number of aromatic hydroxyl groups is 1. The van der Waals surface area contributed by atoms with Crippen molar-refractivity contribution in [2.45, 2.75) is 25.7 Å². The number of phenols is 1. The zero-order valence-electron chi connectivity index (χ0n) is 17.6. The van der Waals surface area contributed by atoms with Crippen LogP contribution in [0.1, 0.15) is 36.3 Å². The van der Waals surface area contributed by atoms with E-state index >= 15 is 0 Å². The smallest absolute Gasteiger partial charge is 0.336 e. The highest BCUT2D eigenvalue weighted by molar-refractivity contribution is 6.06. The van der Waals surface area contributed by atoms with Gasteiger partial charge in [0.25, 0.3) is 0 Å². The molecule has 3 aromatic carbocycles. The van der Waals surface area contributed by atoms with Gasteiger partial charge in [-0.3, -0.25) is 0 Å². The number of carboxylic acid groups (broad SMARTS) is 1. The van der Waals surface area contributed by atoms with E-state index in [4.69, 9.17) is 0 Å². The summed E-state index contributed by atoms with van der Waals surface area (Å²) < 4.78 is 15.6. The Balaban J connectivity index is 2.24. The van der Waals surface area contributed by atoms with Crippen molar-refractivity contribution in [3.05, 3.63) is 83.8 Å². The van der Waals surface area contributed by atoms with Crippen molar-refractivity contribution < 1.29 is 19.4 Å². The molecule has 0 saturated heterocycles. The van der Waals surface area contributed by atoms with E-state index < -0.39 is 11.4 Å². The van der Waals surface area contributed by atoms with Crippen molar-refractivity contribution in [3.63, 3.8) is 0 Å². The molecule has 2 N–H and O–H groups in total. The number of fused-ring (bicyclic) bond motifs is 1. The summed E-state index contributed by atoms with van der Waals surface area (Å²) in [6.07, 6.45) is 0.165. The SMILES string of the molecule is CC(C)(CC#N)c1c(-c2ccccc2C(=O)O)c2cc(O)ccc2n1-c1ccc(F)cc1. The predicted molar refractivity (Wildman–Crippen MR) is 121 cm³/mol. The minimum Gasteiger partial charge on any atom is -0.508 e. The van der Waals surface area contributed by atoms with Gasteiger partial charge in [0.2, 0.25) is 0 Å². The molecule has 4 rings (SSSR count). The van der Waals surface area contributed by atoms with Crippen LogP contribution in [-0.4, -0.2) is 20.7 Å². The minimum atomic E-state index is -1.08. The summed E-state index contributed by atoms with van der Waals surface area (Å²) in [5.74, 6) is -1.42. The van der Waals surface area contributed by atoms with Gasteiger partial charge in [0, 0.05) is 34.2 Å². The summed E-state index contributed by atoms with van der Waals surface area (Å²) in [4.78, 5) is 12.0. The van der Waals surface area contributed by atoms with Crippen LogP contribution in [0, 0.1) is 17.1 Å². The molecule has 0 aliphatic carbocycles. The molecule has 1 aromatic heterocycles. The Morgan fingerprint density at radius 2 is 1.78 bits per heavy atom. The second kappa shape index (κ2) is 7.86. The van der Waals surface area contributed by atoms with E-state index in [1.54, 1.807) is 48.5 Å². The maximum absolute atomic E-state index is 13.7. The van der Waals surface area contributed by atoms with E-state index in [2.05, 4.69) is 6.07 Å². The molecule has 0 unspecified atom stereocenters. The number of aromatic nitrogens is 1. The lowest BCUT2D eigenvalue weighted by Crippen LogP contribution is -2.22. The molecule has 6 heteroatoms. The lowest BCUT2D eigenvalue weighted by molar-refractivity contribution is 0.0697. The lowest BCUT2D eigenvalue weighted by Gasteiger charge is -2.27. The van der Waals surface area contributed by atoms with Crippen LogP contribution < -0.4 is 0 Å². The van der Waals surface area contributed by atoms with E-state index in [1.165, 1.54) is 18.2 Å². The topological polar surface area (TPSA) is 86.2 Å². The Kier molecular flexibility index (Phi) is 5.19. The molecule has 32 heavy (non-hydrogen) atoms. The number of carbonyl (C=O) groups is 1. The Morgan fingerprint density at radius 1 is 1.09 bits per heavy atom. The van der Waals surface area contributed by atoms with Crippen molar-refractivity contribution in [1.29, 1.82) is 5.26 Å². The van der Waals surface area contributed by atoms with Gasteiger partial charge in [-0.2, -0.15) is 5.26 Å². The Hall–Kier alpha value is -4.11. The summed E-state index contributed by atoms with van der Waals surface area (Å²) in [5, 5.41) is 30.3. The number of carboxylic acids is 1. The van der Waals surface area contributed by atoms with Gasteiger partial charge < -0.3 is 14.8 Å². The van der Waals surface area contributed by atoms with Crippen LogP contribution in [-0.2, 0) is 5.41 Å². The van der Waals surface area contributed by atoms with Gasteiger partial charge in [0.05, 0.1) is 17.1 Å². The van der Waals surface area contributed by atoms with E-state index in [0.717, 1.165) is 0 Å². The van der Waals surface area contributed by atoms with Crippen LogP contribution in [0.2, 0.25) is 0 Å². The number of benzene rings is 3. The maximum atomic E-state index is 13.7. The quantitative estimate of drug-likeness (QED) is 0.406. The summed E-state index contributed by atoms with van der Waals surface area (Å²) in [6, 6.07) is 19.8. The number of rotatable bonds is 5. The molecule has 0 radical (unpaired) electrons. The maximum Gasteiger partial charge on any atom is 0.336 e. The first-order valence-electron chi connectivity index (χ1n) is 10.1. The molecular weight excluding hydrogens is 407 g/mol. The second-order valence-electron chi connectivity index (χ2n) is 8.31. The third-order valence-electron chi connectivity index (χ3n) is 5.62. The Morgan fingerprint density at radius 3 is 2.44 bits per heavy atom. The second-order valence-corrected chi connectivity index (χ2v) is 8.31. The summed E-state index contributed by atoms with van der Waals surface area (Å²) in [6.45, 7) is 3.83. The van der Waals surface area contributed by atoms with Gasteiger partial charge in [-0.25, -0.2) is 9.18 Å². The molecule has 0 amide bonds. The molecule has 0 aliphatic heterocycles. The number of halogens is 1. The number of hydrogen-bond acceptors (Lipinski definition) is 3. The van der Waals surface area contributed by atoms with E-state index in [1.807, 2.05) is 18.4 Å². The first kappa shape index (κ1) is 21.1. The zero-order chi connectivity index (χ0) is 23.0. The monoisotopic (exact) mass is 428 g/mol. The van der Waals surface area contributed by atoms with Crippen LogP contribution in [0.15, 0.2) is 66.7 Å². The van der Waals surface area contributed by atoms with E-state index in [-0.39, 0.29) is 23.6 Å². The highest BCUT2D eigenvalue weighted by Crippen LogP contribution is 2.45. The van der Waals surface area contributed by atoms with Crippen molar-refractivity contribution in [2.75, 3.05) is 0 Å². The molecule has 0 spiro atoms. The van der Waals surface area contributed by atoms with E-state index in [9.17, 15) is 24.7 Å². The molecule has 160 valence electrons. The van der Waals surface area contributed by atoms with Crippen LogP contribution >= 0.6 is 0 Å². The molecule has 0 aliphatic rings. The third kappa shape index (κ3) is 3.48. The third-order valence-corrected chi connectivity index (χ3v) is 5.62.